The molecule has 1 aliphatic rings. The molecule has 0 radical (unpaired) electrons. The lowest BCUT2D eigenvalue weighted by Gasteiger charge is -2.09. The highest BCUT2D eigenvalue weighted by Crippen LogP contribution is 2.19. The molecule has 0 aromatic heterocycles. The fourth-order valence-electron chi connectivity index (χ4n) is 1.98. The number of ether oxygens (including phenoxy) is 1. The number of methoxy groups -OCH3 is 1. The average molecular weight is 357 g/mol. The molecule has 0 heterocycles. The van der Waals surface area contributed by atoms with Crippen LogP contribution in [0.5, 0.6) is 0 Å². The van der Waals surface area contributed by atoms with Crippen molar-refractivity contribution in [2.75, 3.05) is 38.7 Å². The van der Waals surface area contributed by atoms with Gasteiger partial charge >= 0.3 is 6.03 Å². The molecule has 134 valence electrons. The minimum Gasteiger partial charge on any atom is -0.383 e. The average Bonchev–Trinajstić information content (AvgIpc) is 3.34. The van der Waals surface area contributed by atoms with Gasteiger partial charge in [-0.05, 0) is 31.0 Å². The second-order valence-corrected chi connectivity index (χ2v) is 5.45. The van der Waals surface area contributed by atoms with Crippen LogP contribution in [0, 0.1) is 0 Å². The van der Waals surface area contributed by atoms with E-state index in [1.807, 2.05) is 0 Å². The number of carbonyl (C=O) groups excluding carboxylic acids is 2. The minimum absolute atomic E-state index is 0. The topological polar surface area (TPSA) is 91.5 Å². The van der Waals surface area contributed by atoms with E-state index < -0.39 is 0 Å². The minimum atomic E-state index is -0.229. The monoisotopic (exact) mass is 356 g/mol. The summed E-state index contributed by atoms with van der Waals surface area (Å²) in [6.45, 7) is 2.60. The first-order chi connectivity index (χ1) is 11.2. The van der Waals surface area contributed by atoms with Crippen molar-refractivity contribution < 1.29 is 14.3 Å². The quantitative estimate of drug-likeness (QED) is 0.503. The maximum absolute atomic E-state index is 12.1. The van der Waals surface area contributed by atoms with E-state index in [0.717, 1.165) is 19.4 Å². The maximum atomic E-state index is 12.1. The number of amides is 3. The zero-order chi connectivity index (χ0) is 16.5. The zero-order valence-electron chi connectivity index (χ0n) is 13.8. The SMILES string of the molecule is COCCNCCNC(=O)c1cccc(NC(=O)NC2CC2)c1.Cl. The largest absolute Gasteiger partial charge is 0.383 e. The molecule has 0 unspecified atom stereocenters. The third kappa shape index (κ3) is 7.63. The lowest BCUT2D eigenvalue weighted by molar-refractivity contribution is 0.0953. The van der Waals surface area contributed by atoms with E-state index in [9.17, 15) is 9.59 Å². The summed E-state index contributed by atoms with van der Waals surface area (Å²) in [6.07, 6.45) is 2.07. The Labute approximate surface area is 148 Å². The molecular formula is C16H25ClN4O3. The molecule has 0 saturated heterocycles. The summed E-state index contributed by atoms with van der Waals surface area (Å²) in [5, 5.41) is 11.6. The highest BCUT2D eigenvalue weighted by molar-refractivity contribution is 5.96. The van der Waals surface area contributed by atoms with Crippen LogP contribution >= 0.6 is 12.4 Å². The van der Waals surface area contributed by atoms with E-state index in [1.54, 1.807) is 31.4 Å². The fraction of sp³-hybridized carbons (Fsp3) is 0.500. The van der Waals surface area contributed by atoms with E-state index in [-0.39, 0.29) is 24.3 Å². The van der Waals surface area contributed by atoms with Gasteiger partial charge in [-0.1, -0.05) is 6.07 Å². The van der Waals surface area contributed by atoms with Crippen molar-refractivity contribution in [2.45, 2.75) is 18.9 Å². The van der Waals surface area contributed by atoms with Crippen molar-refractivity contribution in [3.05, 3.63) is 29.8 Å². The van der Waals surface area contributed by atoms with Gasteiger partial charge in [-0.25, -0.2) is 4.79 Å². The van der Waals surface area contributed by atoms with Gasteiger partial charge in [0.15, 0.2) is 0 Å². The molecule has 1 saturated carbocycles. The second kappa shape index (κ2) is 10.9. The summed E-state index contributed by atoms with van der Waals surface area (Å²) in [5.41, 5.74) is 1.13. The Kier molecular flexibility index (Phi) is 9.14. The van der Waals surface area contributed by atoms with Crippen LogP contribution in [0.25, 0.3) is 0 Å². The third-order valence-corrected chi connectivity index (χ3v) is 3.37. The number of halogens is 1. The standard InChI is InChI=1S/C16H24N4O3.ClH/c1-23-10-9-17-7-8-18-15(21)12-3-2-4-14(11-12)20-16(22)19-13-5-6-13;/h2-4,11,13,17H,5-10H2,1H3,(H,18,21)(H2,19,20,22);1H. The molecule has 3 amide bonds. The summed E-state index contributed by atoms with van der Waals surface area (Å²) >= 11 is 0. The molecule has 1 aromatic carbocycles. The summed E-state index contributed by atoms with van der Waals surface area (Å²) in [4.78, 5) is 23.8. The molecule has 0 bridgehead atoms. The maximum Gasteiger partial charge on any atom is 0.319 e. The summed E-state index contributed by atoms with van der Waals surface area (Å²) < 4.78 is 4.92. The molecule has 0 aliphatic heterocycles. The van der Waals surface area contributed by atoms with Gasteiger partial charge in [-0.2, -0.15) is 0 Å². The molecule has 1 aromatic rings. The van der Waals surface area contributed by atoms with Crippen molar-refractivity contribution in [1.29, 1.82) is 0 Å². The number of hydrogen-bond donors (Lipinski definition) is 4. The number of hydrogen-bond acceptors (Lipinski definition) is 4. The number of nitrogens with one attached hydrogen (secondary N) is 4. The van der Waals surface area contributed by atoms with Gasteiger partial charge in [0.25, 0.3) is 5.91 Å². The Morgan fingerprint density at radius 1 is 1.21 bits per heavy atom. The Balaban J connectivity index is 0.00000288. The highest BCUT2D eigenvalue weighted by Gasteiger charge is 2.23. The van der Waals surface area contributed by atoms with Crippen molar-refractivity contribution in [1.82, 2.24) is 16.0 Å². The molecule has 1 aliphatic carbocycles. The van der Waals surface area contributed by atoms with Crippen molar-refractivity contribution in [2.24, 2.45) is 0 Å². The van der Waals surface area contributed by atoms with Crippen LogP contribution in [-0.4, -0.2) is 51.3 Å². The highest BCUT2D eigenvalue weighted by atomic mass is 35.5. The predicted molar refractivity (Wildman–Crippen MR) is 95.9 cm³/mol. The van der Waals surface area contributed by atoms with Gasteiger partial charge in [-0.3, -0.25) is 4.79 Å². The predicted octanol–water partition coefficient (Wildman–Crippen LogP) is 1.36. The van der Waals surface area contributed by atoms with Crippen LogP contribution in [-0.2, 0) is 4.74 Å². The molecule has 8 heteroatoms. The van der Waals surface area contributed by atoms with Gasteiger partial charge < -0.3 is 26.0 Å². The van der Waals surface area contributed by atoms with Gasteiger partial charge in [-0.15, -0.1) is 12.4 Å². The Bertz CT molecular complexity index is 538. The van der Waals surface area contributed by atoms with Gasteiger partial charge in [0, 0.05) is 44.0 Å². The van der Waals surface area contributed by atoms with Gasteiger partial charge in [0.05, 0.1) is 6.61 Å². The zero-order valence-corrected chi connectivity index (χ0v) is 14.6. The Morgan fingerprint density at radius 2 is 2.00 bits per heavy atom. The number of benzene rings is 1. The van der Waals surface area contributed by atoms with E-state index >= 15 is 0 Å². The summed E-state index contributed by atoms with van der Waals surface area (Å²) in [6, 6.07) is 6.96. The molecule has 24 heavy (non-hydrogen) atoms. The van der Waals surface area contributed by atoms with E-state index in [2.05, 4.69) is 21.3 Å². The van der Waals surface area contributed by atoms with E-state index in [0.29, 0.717) is 37.0 Å². The first kappa shape index (κ1) is 20.2. The van der Waals surface area contributed by atoms with Crippen LogP contribution < -0.4 is 21.3 Å². The number of carbonyl (C=O) groups is 2. The summed E-state index contributed by atoms with van der Waals surface area (Å²) in [7, 11) is 1.65. The van der Waals surface area contributed by atoms with Gasteiger partial charge in [0.2, 0.25) is 0 Å². The molecule has 0 atom stereocenters. The smallest absolute Gasteiger partial charge is 0.319 e. The molecular weight excluding hydrogens is 332 g/mol. The fourth-order valence-corrected chi connectivity index (χ4v) is 1.98. The Morgan fingerprint density at radius 3 is 2.71 bits per heavy atom. The lowest BCUT2D eigenvalue weighted by atomic mass is 10.2. The van der Waals surface area contributed by atoms with E-state index in [4.69, 9.17) is 4.74 Å². The molecule has 2 rings (SSSR count). The van der Waals surface area contributed by atoms with Crippen LogP contribution in [0.4, 0.5) is 10.5 Å². The van der Waals surface area contributed by atoms with Crippen LogP contribution in [0.2, 0.25) is 0 Å². The number of anilines is 1. The van der Waals surface area contributed by atoms with Crippen molar-refractivity contribution >= 4 is 30.0 Å². The number of urea groups is 1. The summed E-state index contributed by atoms with van der Waals surface area (Å²) in [5.74, 6) is -0.162. The molecule has 1 fully saturated rings. The third-order valence-electron chi connectivity index (χ3n) is 3.37. The van der Waals surface area contributed by atoms with E-state index in [1.165, 1.54) is 0 Å². The Hall–Kier alpha value is -1.83. The van der Waals surface area contributed by atoms with Crippen LogP contribution in [0.1, 0.15) is 23.2 Å². The molecule has 0 spiro atoms. The number of rotatable bonds is 9. The normalized spacial score (nSPS) is 12.9. The molecule has 7 nitrogen and oxygen atoms in total. The first-order valence-corrected chi connectivity index (χ1v) is 7.84. The lowest BCUT2D eigenvalue weighted by Crippen LogP contribution is -2.33. The molecule has 4 N–H and O–H groups in total. The van der Waals surface area contributed by atoms with Crippen LogP contribution in [0.3, 0.4) is 0 Å². The van der Waals surface area contributed by atoms with Crippen LogP contribution in [0.15, 0.2) is 24.3 Å². The van der Waals surface area contributed by atoms with Crippen molar-refractivity contribution in [3.8, 4) is 0 Å². The van der Waals surface area contributed by atoms with Gasteiger partial charge in [0.1, 0.15) is 0 Å². The first-order valence-electron chi connectivity index (χ1n) is 7.84. The second-order valence-electron chi connectivity index (χ2n) is 5.45. The van der Waals surface area contributed by atoms with Crippen molar-refractivity contribution in [3.63, 3.8) is 0 Å².